The van der Waals surface area contributed by atoms with Gasteiger partial charge < -0.3 is 10.2 Å². The number of amides is 2. The molecular weight excluding hydrogens is 368 g/mol. The highest BCUT2D eigenvalue weighted by molar-refractivity contribution is 7.80. The third-order valence-corrected chi connectivity index (χ3v) is 6.53. The molecule has 1 N–H and O–H groups in total. The first-order valence-electron chi connectivity index (χ1n) is 9.16. The first-order chi connectivity index (χ1) is 12.9. The Morgan fingerprint density at radius 2 is 2.04 bits per heavy atom. The lowest BCUT2D eigenvalue weighted by molar-refractivity contribution is -0.384. The predicted molar refractivity (Wildman–Crippen MR) is 100 cm³/mol. The number of fused-ring (bicyclic) bond motifs is 4. The summed E-state index contributed by atoms with van der Waals surface area (Å²) in [5.41, 5.74) is 0.263. The zero-order valence-corrected chi connectivity index (χ0v) is 15.3. The maximum absolute atomic E-state index is 13.6. The number of benzene rings is 1. The third kappa shape index (κ3) is 2.17. The van der Waals surface area contributed by atoms with Gasteiger partial charge in [-0.2, -0.15) is 0 Å². The first kappa shape index (κ1) is 16.6. The minimum Gasteiger partial charge on any atom is -0.367 e. The zero-order chi connectivity index (χ0) is 18.9. The van der Waals surface area contributed by atoms with Crippen LogP contribution < -0.4 is 10.2 Å². The van der Waals surface area contributed by atoms with Gasteiger partial charge in [-0.25, -0.2) is 0 Å². The molecule has 2 amide bonds. The standard InChI is InChI=1S/C18H18N4O4S/c23-15-18(16(24)21(11-3-4-11)17(27)19-15)9-10-8-12(22(25)26)5-6-13(10)20-7-1-2-14(18)20/h5-6,8,11,14H,1-4,7,9H2,(H,19,23,27)/t14-,18+/m1/s1. The monoisotopic (exact) mass is 386 g/mol. The van der Waals surface area contributed by atoms with Gasteiger partial charge in [0.2, 0.25) is 11.8 Å². The molecule has 1 spiro atoms. The summed E-state index contributed by atoms with van der Waals surface area (Å²) in [4.78, 5) is 41.2. The van der Waals surface area contributed by atoms with Crippen LogP contribution in [-0.2, 0) is 16.0 Å². The molecule has 0 aromatic heterocycles. The topological polar surface area (TPSA) is 95.8 Å². The second-order valence-electron chi connectivity index (χ2n) is 7.74. The van der Waals surface area contributed by atoms with Gasteiger partial charge in [-0.05, 0) is 49.5 Å². The van der Waals surface area contributed by atoms with Crippen molar-refractivity contribution >= 4 is 40.5 Å². The fourth-order valence-electron chi connectivity index (χ4n) is 4.88. The average Bonchev–Trinajstić information content (AvgIpc) is 3.33. The number of rotatable bonds is 2. The second kappa shape index (κ2) is 5.48. The largest absolute Gasteiger partial charge is 0.367 e. The predicted octanol–water partition coefficient (Wildman–Crippen LogP) is 1.51. The summed E-state index contributed by atoms with van der Waals surface area (Å²) in [5, 5.41) is 14.2. The van der Waals surface area contributed by atoms with Gasteiger partial charge in [0, 0.05) is 36.8 Å². The molecule has 0 bridgehead atoms. The maximum atomic E-state index is 13.6. The van der Waals surface area contributed by atoms with Crippen molar-refractivity contribution in [2.75, 3.05) is 11.4 Å². The van der Waals surface area contributed by atoms with Crippen LogP contribution in [0.2, 0.25) is 0 Å². The number of thiocarbonyl (C=S) groups is 1. The number of hydrogen-bond acceptors (Lipinski definition) is 6. The van der Waals surface area contributed by atoms with Crippen LogP contribution >= 0.6 is 12.2 Å². The number of carbonyl (C=O) groups is 2. The van der Waals surface area contributed by atoms with Crippen LogP contribution in [0.3, 0.4) is 0 Å². The van der Waals surface area contributed by atoms with Gasteiger partial charge in [0.15, 0.2) is 10.5 Å². The van der Waals surface area contributed by atoms with Crippen LogP contribution in [0.4, 0.5) is 11.4 Å². The number of carbonyl (C=O) groups excluding carboxylic acids is 2. The Balaban J connectivity index is 1.66. The van der Waals surface area contributed by atoms with E-state index in [0.29, 0.717) is 5.56 Å². The van der Waals surface area contributed by atoms with Crippen LogP contribution in [0.1, 0.15) is 31.2 Å². The Morgan fingerprint density at radius 1 is 1.26 bits per heavy atom. The summed E-state index contributed by atoms with van der Waals surface area (Å²) in [6, 6.07) is 4.54. The fourth-order valence-corrected chi connectivity index (χ4v) is 5.20. The van der Waals surface area contributed by atoms with Crippen molar-refractivity contribution in [3.63, 3.8) is 0 Å². The lowest BCUT2D eigenvalue weighted by atomic mass is 9.68. The van der Waals surface area contributed by atoms with Crippen molar-refractivity contribution in [2.45, 2.75) is 44.2 Å². The molecule has 9 heteroatoms. The van der Waals surface area contributed by atoms with E-state index in [9.17, 15) is 19.7 Å². The van der Waals surface area contributed by atoms with E-state index < -0.39 is 10.3 Å². The van der Waals surface area contributed by atoms with E-state index in [1.807, 2.05) is 0 Å². The van der Waals surface area contributed by atoms with Gasteiger partial charge >= 0.3 is 0 Å². The SMILES string of the molecule is O=C1NC(=S)N(C2CC2)C(=O)[C@]12Cc1cc([N+](=O)[O-])ccc1N1CCC[C@@H]12. The van der Waals surface area contributed by atoms with Gasteiger partial charge in [-0.15, -0.1) is 0 Å². The summed E-state index contributed by atoms with van der Waals surface area (Å²) in [6.45, 7) is 0.728. The minimum absolute atomic E-state index is 0.0280. The van der Waals surface area contributed by atoms with E-state index in [0.717, 1.165) is 37.9 Å². The minimum atomic E-state index is -1.27. The molecule has 5 rings (SSSR count). The Hall–Kier alpha value is -2.55. The Kier molecular flexibility index (Phi) is 3.37. The average molecular weight is 386 g/mol. The molecule has 27 heavy (non-hydrogen) atoms. The number of nitrogens with one attached hydrogen (secondary N) is 1. The molecule has 1 aromatic rings. The van der Waals surface area contributed by atoms with Crippen molar-refractivity contribution < 1.29 is 14.5 Å². The summed E-state index contributed by atoms with van der Waals surface area (Å²) in [7, 11) is 0. The molecule has 3 fully saturated rings. The van der Waals surface area contributed by atoms with Crippen LogP contribution in [-0.4, -0.2) is 45.4 Å². The molecule has 1 saturated carbocycles. The van der Waals surface area contributed by atoms with Crippen molar-refractivity contribution in [1.82, 2.24) is 10.2 Å². The molecule has 4 aliphatic rings. The summed E-state index contributed by atoms with van der Waals surface area (Å²) >= 11 is 5.27. The first-order valence-corrected chi connectivity index (χ1v) is 9.57. The summed E-state index contributed by atoms with van der Waals surface area (Å²) < 4.78 is 0. The highest BCUT2D eigenvalue weighted by atomic mass is 32.1. The number of hydrogen-bond donors (Lipinski definition) is 1. The molecule has 3 aliphatic heterocycles. The second-order valence-corrected chi connectivity index (χ2v) is 8.12. The van der Waals surface area contributed by atoms with Crippen LogP contribution in [0, 0.1) is 15.5 Å². The molecule has 2 saturated heterocycles. The van der Waals surface area contributed by atoms with Crippen LogP contribution in [0.25, 0.3) is 0 Å². The Bertz CT molecular complexity index is 915. The normalized spacial score (nSPS) is 29.6. The molecule has 3 heterocycles. The number of nitrogens with zero attached hydrogens (tertiary/aromatic N) is 3. The van der Waals surface area contributed by atoms with Crippen LogP contribution in [0.15, 0.2) is 18.2 Å². The van der Waals surface area contributed by atoms with Crippen molar-refractivity contribution in [3.8, 4) is 0 Å². The molecular formula is C18H18N4O4S. The number of anilines is 1. The third-order valence-electron chi connectivity index (χ3n) is 6.23. The van der Waals surface area contributed by atoms with E-state index in [-0.39, 0.29) is 41.1 Å². The highest BCUT2D eigenvalue weighted by Crippen LogP contribution is 2.50. The Labute approximate surface area is 160 Å². The van der Waals surface area contributed by atoms with E-state index in [1.165, 1.54) is 12.1 Å². The van der Waals surface area contributed by atoms with E-state index in [4.69, 9.17) is 12.2 Å². The number of non-ortho nitro benzene ring substituents is 1. The maximum Gasteiger partial charge on any atom is 0.269 e. The lowest BCUT2D eigenvalue weighted by Crippen LogP contribution is -2.71. The van der Waals surface area contributed by atoms with Gasteiger partial charge in [0.1, 0.15) is 0 Å². The van der Waals surface area contributed by atoms with Crippen molar-refractivity contribution in [2.24, 2.45) is 5.41 Å². The van der Waals surface area contributed by atoms with E-state index in [2.05, 4.69) is 10.2 Å². The quantitative estimate of drug-likeness (QED) is 0.358. The number of nitro benzene ring substituents is 1. The lowest BCUT2D eigenvalue weighted by Gasteiger charge is -2.50. The molecule has 0 radical (unpaired) electrons. The highest BCUT2D eigenvalue weighted by Gasteiger charge is 2.63. The molecule has 0 unspecified atom stereocenters. The fraction of sp³-hybridized carbons (Fsp3) is 0.500. The van der Waals surface area contributed by atoms with Gasteiger partial charge in [-0.3, -0.25) is 24.6 Å². The smallest absolute Gasteiger partial charge is 0.269 e. The van der Waals surface area contributed by atoms with Crippen molar-refractivity contribution in [3.05, 3.63) is 33.9 Å². The van der Waals surface area contributed by atoms with Crippen LogP contribution in [0.5, 0.6) is 0 Å². The summed E-state index contributed by atoms with van der Waals surface area (Å²) in [6.07, 6.45) is 3.54. The zero-order valence-electron chi connectivity index (χ0n) is 14.5. The van der Waals surface area contributed by atoms with Gasteiger partial charge in [-0.1, -0.05) is 0 Å². The molecule has 8 nitrogen and oxygen atoms in total. The molecule has 1 aromatic carbocycles. The van der Waals surface area contributed by atoms with Gasteiger partial charge in [0.25, 0.3) is 5.69 Å². The molecule has 2 atom stereocenters. The molecule has 140 valence electrons. The van der Waals surface area contributed by atoms with Crippen molar-refractivity contribution in [1.29, 1.82) is 0 Å². The summed E-state index contributed by atoms with van der Waals surface area (Å²) in [5.74, 6) is -0.615. The van der Waals surface area contributed by atoms with E-state index >= 15 is 0 Å². The molecule has 1 aliphatic carbocycles. The Morgan fingerprint density at radius 3 is 2.74 bits per heavy atom. The number of nitro groups is 1. The van der Waals surface area contributed by atoms with E-state index in [1.54, 1.807) is 11.0 Å². The van der Waals surface area contributed by atoms with Gasteiger partial charge in [0.05, 0.1) is 11.0 Å².